The Kier molecular flexibility index (Phi) is 2.49. The molecule has 0 amide bonds. The molecule has 1 aromatic rings. The van der Waals surface area contributed by atoms with Crippen LogP contribution in [0.4, 0.5) is 0 Å². The minimum absolute atomic E-state index is 0.398. The molecule has 2 nitrogen and oxygen atoms in total. The molecule has 16 heavy (non-hydrogen) atoms. The first-order valence-corrected chi connectivity index (χ1v) is 6.21. The smallest absolute Gasteiger partial charge is 0.0784 e. The highest BCUT2D eigenvalue weighted by Gasteiger charge is 2.35. The van der Waals surface area contributed by atoms with Gasteiger partial charge in [-0.05, 0) is 22.6 Å². The molecule has 0 spiro atoms. The first kappa shape index (κ1) is 10.3. The van der Waals surface area contributed by atoms with Crippen molar-refractivity contribution in [3.8, 4) is 0 Å². The second-order valence-corrected chi connectivity index (χ2v) is 5.18. The van der Waals surface area contributed by atoms with Crippen LogP contribution in [-0.2, 0) is 11.3 Å². The summed E-state index contributed by atoms with van der Waals surface area (Å²) in [6.07, 6.45) is 0.398. The topological polar surface area (TPSA) is 21.3 Å². The number of hydrogen-bond acceptors (Lipinski definition) is 2. The van der Waals surface area contributed by atoms with Crippen molar-refractivity contribution in [1.29, 1.82) is 0 Å². The van der Waals surface area contributed by atoms with Gasteiger partial charge in [-0.25, -0.2) is 0 Å². The molecule has 2 aliphatic heterocycles. The van der Waals surface area contributed by atoms with Gasteiger partial charge in [0.25, 0.3) is 0 Å². The maximum atomic E-state index is 5.96. The van der Waals surface area contributed by atoms with Gasteiger partial charge >= 0.3 is 0 Å². The highest BCUT2D eigenvalue weighted by molar-refractivity contribution is 5.41. The van der Waals surface area contributed by atoms with Gasteiger partial charge in [0.15, 0.2) is 0 Å². The molecule has 0 saturated carbocycles. The van der Waals surface area contributed by atoms with Crippen LogP contribution in [-0.4, -0.2) is 19.2 Å². The molecular formula is C14H19NO. The average molecular weight is 217 g/mol. The highest BCUT2D eigenvalue weighted by Crippen LogP contribution is 2.36. The number of benzene rings is 1. The number of nitrogens with one attached hydrogen (secondary N) is 1. The molecule has 86 valence electrons. The molecule has 0 unspecified atom stereocenters. The molecule has 0 aliphatic carbocycles. The van der Waals surface area contributed by atoms with Crippen LogP contribution in [0.3, 0.4) is 0 Å². The third-order valence-electron chi connectivity index (χ3n) is 3.87. The number of ether oxygens (including phenoxy) is 1. The fraction of sp³-hybridized carbons (Fsp3) is 0.571. The van der Waals surface area contributed by atoms with E-state index in [-0.39, 0.29) is 0 Å². The summed E-state index contributed by atoms with van der Waals surface area (Å²) >= 11 is 0. The average Bonchev–Trinajstić information content (AvgIpc) is 2.76. The van der Waals surface area contributed by atoms with Crippen molar-refractivity contribution in [3.63, 3.8) is 0 Å². The lowest BCUT2D eigenvalue weighted by molar-refractivity contribution is 0.0293. The van der Waals surface area contributed by atoms with Crippen LogP contribution in [0.25, 0.3) is 0 Å². The van der Waals surface area contributed by atoms with Crippen LogP contribution in [0, 0.1) is 0 Å². The molecule has 0 aromatic heterocycles. The van der Waals surface area contributed by atoms with Crippen LogP contribution >= 0.6 is 0 Å². The lowest BCUT2D eigenvalue weighted by atomic mass is 9.84. The zero-order valence-electron chi connectivity index (χ0n) is 9.99. The fourth-order valence-electron chi connectivity index (χ4n) is 3.01. The van der Waals surface area contributed by atoms with Gasteiger partial charge in [0, 0.05) is 19.0 Å². The second kappa shape index (κ2) is 3.86. The Hall–Kier alpha value is -0.860. The SMILES string of the molecule is CC(C)c1cccc2c1CO[C@H]1CNC[C@@H]21. The van der Waals surface area contributed by atoms with E-state index in [9.17, 15) is 0 Å². The van der Waals surface area contributed by atoms with Crippen LogP contribution in [0.1, 0.15) is 42.4 Å². The predicted octanol–water partition coefficient (Wildman–Crippen LogP) is 2.40. The van der Waals surface area contributed by atoms with Gasteiger partial charge in [-0.15, -0.1) is 0 Å². The van der Waals surface area contributed by atoms with Crippen LogP contribution in [0.2, 0.25) is 0 Å². The van der Waals surface area contributed by atoms with Crippen molar-refractivity contribution in [2.75, 3.05) is 13.1 Å². The van der Waals surface area contributed by atoms with E-state index in [1.165, 1.54) is 16.7 Å². The monoisotopic (exact) mass is 217 g/mol. The molecule has 0 bridgehead atoms. The molecule has 2 heteroatoms. The summed E-state index contributed by atoms with van der Waals surface area (Å²) in [5.74, 6) is 1.16. The lowest BCUT2D eigenvalue weighted by Gasteiger charge is -2.30. The van der Waals surface area contributed by atoms with E-state index in [2.05, 4.69) is 37.4 Å². The number of rotatable bonds is 1. The third kappa shape index (κ3) is 1.48. The molecular weight excluding hydrogens is 198 g/mol. The van der Waals surface area contributed by atoms with Crippen molar-refractivity contribution in [1.82, 2.24) is 5.32 Å². The minimum atomic E-state index is 0.398. The van der Waals surface area contributed by atoms with E-state index in [4.69, 9.17) is 4.74 Å². The Balaban J connectivity index is 2.07. The summed E-state index contributed by atoms with van der Waals surface area (Å²) in [7, 11) is 0. The molecule has 3 rings (SSSR count). The Morgan fingerprint density at radius 3 is 3.00 bits per heavy atom. The normalized spacial score (nSPS) is 27.9. The van der Waals surface area contributed by atoms with Crippen LogP contribution < -0.4 is 5.32 Å². The van der Waals surface area contributed by atoms with Gasteiger partial charge < -0.3 is 10.1 Å². The summed E-state index contributed by atoms with van der Waals surface area (Å²) < 4.78 is 5.96. The van der Waals surface area contributed by atoms with E-state index in [0.29, 0.717) is 17.9 Å². The van der Waals surface area contributed by atoms with Crippen molar-refractivity contribution in [2.24, 2.45) is 0 Å². The van der Waals surface area contributed by atoms with Crippen LogP contribution in [0.15, 0.2) is 18.2 Å². The standard InChI is InChI=1S/C14H19NO/c1-9(2)10-4-3-5-11-12-6-15-7-14(12)16-8-13(10)11/h3-5,9,12,14-15H,6-8H2,1-2H3/t12-,14-/m0/s1. The Morgan fingerprint density at radius 1 is 1.31 bits per heavy atom. The molecule has 2 atom stereocenters. The van der Waals surface area contributed by atoms with Gasteiger partial charge in [0.05, 0.1) is 12.7 Å². The summed E-state index contributed by atoms with van der Waals surface area (Å²) in [6.45, 7) is 7.39. The van der Waals surface area contributed by atoms with Gasteiger partial charge in [-0.2, -0.15) is 0 Å². The quantitative estimate of drug-likeness (QED) is 0.780. The number of fused-ring (bicyclic) bond motifs is 3. The first-order valence-electron chi connectivity index (χ1n) is 6.21. The van der Waals surface area contributed by atoms with E-state index >= 15 is 0 Å². The maximum Gasteiger partial charge on any atom is 0.0784 e. The largest absolute Gasteiger partial charge is 0.372 e. The van der Waals surface area contributed by atoms with E-state index in [1.807, 2.05) is 0 Å². The van der Waals surface area contributed by atoms with Gasteiger partial charge in [-0.3, -0.25) is 0 Å². The predicted molar refractivity (Wildman–Crippen MR) is 64.7 cm³/mol. The summed E-state index contributed by atoms with van der Waals surface area (Å²) in [4.78, 5) is 0. The summed E-state index contributed by atoms with van der Waals surface area (Å²) in [6, 6.07) is 6.73. The van der Waals surface area contributed by atoms with Crippen molar-refractivity contribution in [3.05, 3.63) is 34.9 Å². The second-order valence-electron chi connectivity index (χ2n) is 5.18. The molecule has 2 heterocycles. The molecule has 0 radical (unpaired) electrons. The zero-order valence-corrected chi connectivity index (χ0v) is 9.99. The Morgan fingerprint density at radius 2 is 2.19 bits per heavy atom. The highest BCUT2D eigenvalue weighted by atomic mass is 16.5. The fourth-order valence-corrected chi connectivity index (χ4v) is 3.01. The maximum absolute atomic E-state index is 5.96. The molecule has 1 N–H and O–H groups in total. The number of hydrogen-bond donors (Lipinski definition) is 1. The molecule has 2 aliphatic rings. The van der Waals surface area contributed by atoms with Gasteiger partial charge in [0.1, 0.15) is 0 Å². The van der Waals surface area contributed by atoms with Gasteiger partial charge in [0.2, 0.25) is 0 Å². The Bertz CT molecular complexity index is 400. The van der Waals surface area contributed by atoms with Crippen molar-refractivity contribution < 1.29 is 4.74 Å². The molecule has 1 saturated heterocycles. The summed E-state index contributed by atoms with van der Waals surface area (Å²) in [5.41, 5.74) is 4.43. The van der Waals surface area contributed by atoms with E-state index in [0.717, 1.165) is 19.7 Å². The zero-order chi connectivity index (χ0) is 11.1. The lowest BCUT2D eigenvalue weighted by Crippen LogP contribution is -2.27. The van der Waals surface area contributed by atoms with Crippen molar-refractivity contribution >= 4 is 0 Å². The first-order chi connectivity index (χ1) is 7.77. The van der Waals surface area contributed by atoms with Crippen molar-refractivity contribution in [2.45, 2.75) is 38.4 Å². The van der Waals surface area contributed by atoms with E-state index < -0.39 is 0 Å². The summed E-state index contributed by atoms with van der Waals surface area (Å²) in [5, 5.41) is 3.43. The molecule has 1 aromatic carbocycles. The third-order valence-corrected chi connectivity index (χ3v) is 3.87. The van der Waals surface area contributed by atoms with Crippen LogP contribution in [0.5, 0.6) is 0 Å². The minimum Gasteiger partial charge on any atom is -0.372 e. The van der Waals surface area contributed by atoms with E-state index in [1.54, 1.807) is 0 Å². The molecule has 1 fully saturated rings. The Labute approximate surface area is 97.0 Å². The van der Waals surface area contributed by atoms with Gasteiger partial charge in [-0.1, -0.05) is 32.0 Å².